The molecule has 0 fully saturated rings. The second kappa shape index (κ2) is 10.2. The van der Waals surface area contributed by atoms with Crippen molar-refractivity contribution < 1.29 is 9.59 Å². The van der Waals surface area contributed by atoms with Gasteiger partial charge in [0.15, 0.2) is 10.3 Å². The lowest BCUT2D eigenvalue weighted by atomic mass is 10.1. The second-order valence-corrected chi connectivity index (χ2v) is 8.35. The molecule has 10 heteroatoms. The molecule has 0 bridgehead atoms. The molecule has 0 radical (unpaired) electrons. The standard InChI is InChI=1S/C20H22N6O2S2/c1-4-8-26-16(11-17(27)22-15-6-5-13(2)10-14(15)3)24-25-20(26)30-12-18(28)23-19-21-7-9-29-19/h4-7,9-10H,1,8,11-12H2,2-3H3,(H,22,27)(H,21,23,28). The molecule has 0 spiro atoms. The number of hydrogen-bond acceptors (Lipinski definition) is 7. The number of carbonyl (C=O) groups excluding carboxylic acids is 2. The van der Waals surface area contributed by atoms with Gasteiger partial charge >= 0.3 is 0 Å². The number of nitrogens with zero attached hydrogens (tertiary/aromatic N) is 4. The van der Waals surface area contributed by atoms with Gasteiger partial charge < -0.3 is 15.2 Å². The van der Waals surface area contributed by atoms with Crippen molar-refractivity contribution in [3.63, 3.8) is 0 Å². The lowest BCUT2D eigenvalue weighted by Gasteiger charge is -2.10. The Bertz CT molecular complexity index is 1050. The monoisotopic (exact) mass is 442 g/mol. The van der Waals surface area contributed by atoms with Gasteiger partial charge in [-0.05, 0) is 25.5 Å². The van der Waals surface area contributed by atoms with Gasteiger partial charge in [0.2, 0.25) is 11.8 Å². The number of benzene rings is 1. The Balaban J connectivity index is 1.63. The summed E-state index contributed by atoms with van der Waals surface area (Å²) in [5, 5.41) is 16.8. The van der Waals surface area contributed by atoms with Crippen LogP contribution in [0.3, 0.4) is 0 Å². The third kappa shape index (κ3) is 5.77. The summed E-state index contributed by atoms with van der Waals surface area (Å²) >= 11 is 2.60. The zero-order valence-corrected chi connectivity index (χ0v) is 18.3. The summed E-state index contributed by atoms with van der Waals surface area (Å²) in [6, 6.07) is 5.86. The molecule has 0 aliphatic heterocycles. The van der Waals surface area contributed by atoms with E-state index in [9.17, 15) is 9.59 Å². The van der Waals surface area contributed by atoms with E-state index in [4.69, 9.17) is 0 Å². The minimum Gasteiger partial charge on any atom is -0.325 e. The average molecular weight is 443 g/mol. The molecular weight excluding hydrogens is 420 g/mol. The molecule has 156 valence electrons. The number of anilines is 2. The van der Waals surface area contributed by atoms with Crippen LogP contribution in [0.15, 0.2) is 47.6 Å². The van der Waals surface area contributed by atoms with Crippen molar-refractivity contribution in [3.8, 4) is 0 Å². The second-order valence-electron chi connectivity index (χ2n) is 6.52. The number of thioether (sulfide) groups is 1. The van der Waals surface area contributed by atoms with Gasteiger partial charge in [0.05, 0.1) is 12.2 Å². The molecular formula is C20H22N6O2S2. The number of aryl methyl sites for hydroxylation is 2. The topological polar surface area (TPSA) is 102 Å². The fourth-order valence-corrected chi connectivity index (χ4v) is 4.04. The summed E-state index contributed by atoms with van der Waals surface area (Å²) in [5.41, 5.74) is 2.91. The summed E-state index contributed by atoms with van der Waals surface area (Å²) in [7, 11) is 0. The Hall–Kier alpha value is -2.98. The minimum atomic E-state index is -0.183. The first-order valence-corrected chi connectivity index (χ1v) is 11.0. The Morgan fingerprint density at radius 2 is 2.07 bits per heavy atom. The first kappa shape index (κ1) is 21.7. The molecule has 30 heavy (non-hydrogen) atoms. The predicted octanol–water partition coefficient (Wildman–Crippen LogP) is 3.45. The Morgan fingerprint density at radius 3 is 2.77 bits per heavy atom. The van der Waals surface area contributed by atoms with Crippen LogP contribution in [0.5, 0.6) is 0 Å². The zero-order chi connectivity index (χ0) is 21.5. The number of allylic oxidation sites excluding steroid dienone is 1. The molecule has 2 aromatic heterocycles. The number of nitrogens with one attached hydrogen (secondary N) is 2. The summed E-state index contributed by atoms with van der Waals surface area (Å²) in [4.78, 5) is 28.6. The van der Waals surface area contributed by atoms with E-state index in [-0.39, 0.29) is 24.0 Å². The van der Waals surface area contributed by atoms with Gasteiger partial charge in [0.25, 0.3) is 0 Å². The van der Waals surface area contributed by atoms with Gasteiger partial charge in [-0.1, -0.05) is 35.5 Å². The van der Waals surface area contributed by atoms with Gasteiger partial charge in [-0.15, -0.1) is 28.1 Å². The van der Waals surface area contributed by atoms with Crippen molar-refractivity contribution >= 4 is 45.7 Å². The van der Waals surface area contributed by atoms with Crippen molar-refractivity contribution in [1.29, 1.82) is 0 Å². The highest BCUT2D eigenvalue weighted by Crippen LogP contribution is 2.20. The largest absolute Gasteiger partial charge is 0.325 e. The van der Waals surface area contributed by atoms with Crippen LogP contribution in [0.2, 0.25) is 0 Å². The number of thiazole rings is 1. The molecule has 3 aromatic rings. The van der Waals surface area contributed by atoms with Crippen LogP contribution in [-0.4, -0.2) is 37.3 Å². The van der Waals surface area contributed by atoms with Crippen LogP contribution >= 0.6 is 23.1 Å². The molecule has 1 aromatic carbocycles. The maximum absolute atomic E-state index is 12.5. The van der Waals surface area contributed by atoms with E-state index in [2.05, 4.69) is 32.4 Å². The highest BCUT2D eigenvalue weighted by molar-refractivity contribution is 7.99. The maximum Gasteiger partial charge on any atom is 0.236 e. The van der Waals surface area contributed by atoms with Crippen LogP contribution < -0.4 is 10.6 Å². The van der Waals surface area contributed by atoms with Crippen LogP contribution in [-0.2, 0) is 22.6 Å². The van der Waals surface area contributed by atoms with Crippen LogP contribution in [0.1, 0.15) is 17.0 Å². The molecule has 0 unspecified atom stereocenters. The molecule has 2 heterocycles. The van der Waals surface area contributed by atoms with E-state index in [1.54, 1.807) is 22.2 Å². The van der Waals surface area contributed by atoms with Crippen LogP contribution in [0.4, 0.5) is 10.8 Å². The predicted molar refractivity (Wildman–Crippen MR) is 120 cm³/mol. The van der Waals surface area contributed by atoms with E-state index in [0.29, 0.717) is 22.7 Å². The SMILES string of the molecule is C=CCn1c(CC(=O)Nc2ccc(C)cc2C)nnc1SCC(=O)Nc1nccs1. The van der Waals surface area contributed by atoms with Gasteiger partial charge in [-0.3, -0.25) is 9.59 Å². The number of carbonyl (C=O) groups is 2. The molecule has 0 aliphatic carbocycles. The number of amides is 2. The van der Waals surface area contributed by atoms with Gasteiger partial charge in [-0.25, -0.2) is 4.98 Å². The fraction of sp³-hybridized carbons (Fsp3) is 0.250. The van der Waals surface area contributed by atoms with Crippen molar-refractivity contribution in [2.75, 3.05) is 16.4 Å². The Kier molecular flexibility index (Phi) is 7.36. The third-order valence-corrected chi connectivity index (χ3v) is 5.75. The van der Waals surface area contributed by atoms with E-state index >= 15 is 0 Å². The number of rotatable bonds is 9. The van der Waals surface area contributed by atoms with Crippen LogP contribution in [0, 0.1) is 13.8 Å². The number of hydrogen-bond donors (Lipinski definition) is 2. The van der Waals surface area contributed by atoms with E-state index in [1.807, 2.05) is 32.0 Å². The molecule has 0 aliphatic rings. The molecule has 3 rings (SSSR count). The summed E-state index contributed by atoms with van der Waals surface area (Å²) in [5.74, 6) is 0.304. The van der Waals surface area contributed by atoms with Gasteiger partial charge in [0.1, 0.15) is 5.82 Å². The third-order valence-electron chi connectivity index (χ3n) is 4.09. The highest BCUT2D eigenvalue weighted by atomic mass is 32.2. The Labute approximate surface area is 182 Å². The number of aromatic nitrogens is 4. The lowest BCUT2D eigenvalue weighted by molar-refractivity contribution is -0.116. The molecule has 0 saturated heterocycles. The first-order valence-electron chi connectivity index (χ1n) is 9.18. The van der Waals surface area contributed by atoms with Crippen LogP contribution in [0.25, 0.3) is 0 Å². The first-order chi connectivity index (χ1) is 14.5. The average Bonchev–Trinajstić information content (AvgIpc) is 3.33. The van der Waals surface area contributed by atoms with E-state index < -0.39 is 0 Å². The Morgan fingerprint density at radius 1 is 1.23 bits per heavy atom. The van der Waals surface area contributed by atoms with Crippen molar-refractivity contribution in [1.82, 2.24) is 19.7 Å². The highest BCUT2D eigenvalue weighted by Gasteiger charge is 2.17. The lowest BCUT2D eigenvalue weighted by Crippen LogP contribution is -2.18. The summed E-state index contributed by atoms with van der Waals surface area (Å²) in [6.07, 6.45) is 3.40. The maximum atomic E-state index is 12.5. The smallest absolute Gasteiger partial charge is 0.236 e. The molecule has 0 saturated carbocycles. The fourth-order valence-electron chi connectivity index (χ4n) is 2.73. The molecule has 2 N–H and O–H groups in total. The normalized spacial score (nSPS) is 10.6. The zero-order valence-electron chi connectivity index (χ0n) is 16.7. The summed E-state index contributed by atoms with van der Waals surface area (Å²) < 4.78 is 1.79. The quantitative estimate of drug-likeness (QED) is 0.389. The van der Waals surface area contributed by atoms with Gasteiger partial charge in [-0.2, -0.15) is 0 Å². The molecule has 8 nitrogen and oxygen atoms in total. The van der Waals surface area contributed by atoms with Crippen molar-refractivity contribution in [3.05, 3.63) is 59.4 Å². The van der Waals surface area contributed by atoms with Gasteiger partial charge in [0, 0.05) is 23.8 Å². The summed E-state index contributed by atoms with van der Waals surface area (Å²) in [6.45, 7) is 8.16. The molecule has 0 atom stereocenters. The van der Waals surface area contributed by atoms with E-state index in [1.165, 1.54) is 23.1 Å². The molecule has 2 amide bonds. The van der Waals surface area contributed by atoms with Crippen molar-refractivity contribution in [2.45, 2.75) is 32.0 Å². The van der Waals surface area contributed by atoms with Crippen molar-refractivity contribution in [2.24, 2.45) is 0 Å². The van der Waals surface area contributed by atoms with E-state index in [0.717, 1.165) is 16.8 Å². The minimum absolute atomic E-state index is 0.0695.